The molecule has 0 unspecified atom stereocenters. The summed E-state index contributed by atoms with van der Waals surface area (Å²) >= 11 is 0. The Hall–Kier alpha value is -2.57. The summed E-state index contributed by atoms with van der Waals surface area (Å²) in [5, 5.41) is 7.92. The summed E-state index contributed by atoms with van der Waals surface area (Å²) in [6, 6.07) is 7.11. The highest BCUT2D eigenvalue weighted by Gasteiger charge is 2.24. The van der Waals surface area contributed by atoms with Crippen LogP contribution in [0, 0.1) is 0 Å². The van der Waals surface area contributed by atoms with Crippen LogP contribution in [0.25, 0.3) is 0 Å². The van der Waals surface area contributed by atoms with Gasteiger partial charge in [-0.3, -0.25) is 14.9 Å². The standard InChI is InChI=1S/C16H20N4O3/c21-14(19-16(23)18-12-3-4-12)10-17-11-5-7-13(8-6-11)20-9-1-2-15(20)22/h5-8,12,17H,1-4,9-10H2,(H2,18,19,21,23). The lowest BCUT2D eigenvalue weighted by Gasteiger charge is -2.16. The van der Waals surface area contributed by atoms with Gasteiger partial charge in [-0.2, -0.15) is 0 Å². The predicted molar refractivity (Wildman–Crippen MR) is 86.2 cm³/mol. The first-order chi connectivity index (χ1) is 11.1. The summed E-state index contributed by atoms with van der Waals surface area (Å²) in [6.45, 7) is 0.768. The summed E-state index contributed by atoms with van der Waals surface area (Å²) in [4.78, 5) is 36.5. The number of benzene rings is 1. The second kappa shape index (κ2) is 6.68. The maximum atomic E-state index is 11.7. The van der Waals surface area contributed by atoms with Crippen LogP contribution in [0.5, 0.6) is 0 Å². The van der Waals surface area contributed by atoms with E-state index in [0.717, 1.165) is 37.2 Å². The molecule has 2 fully saturated rings. The molecular formula is C16H20N4O3. The highest BCUT2D eigenvalue weighted by molar-refractivity contribution is 5.97. The van der Waals surface area contributed by atoms with Crippen molar-refractivity contribution in [3.8, 4) is 0 Å². The second-order valence-electron chi connectivity index (χ2n) is 5.85. The molecule has 7 heteroatoms. The lowest BCUT2D eigenvalue weighted by molar-refractivity contribution is -0.118. The molecule has 0 spiro atoms. The number of imide groups is 1. The zero-order chi connectivity index (χ0) is 16.2. The fourth-order valence-corrected chi connectivity index (χ4v) is 2.48. The van der Waals surface area contributed by atoms with E-state index >= 15 is 0 Å². The molecule has 1 saturated carbocycles. The number of urea groups is 1. The van der Waals surface area contributed by atoms with Gasteiger partial charge in [0.25, 0.3) is 0 Å². The van der Waals surface area contributed by atoms with Crippen molar-refractivity contribution < 1.29 is 14.4 Å². The minimum absolute atomic E-state index is 0.0140. The molecule has 1 aromatic carbocycles. The fourth-order valence-electron chi connectivity index (χ4n) is 2.48. The third-order valence-electron chi connectivity index (χ3n) is 3.87. The van der Waals surface area contributed by atoms with Gasteiger partial charge in [-0.25, -0.2) is 4.79 Å². The van der Waals surface area contributed by atoms with Gasteiger partial charge < -0.3 is 15.5 Å². The summed E-state index contributed by atoms with van der Waals surface area (Å²) in [6.07, 6.45) is 3.45. The molecule has 0 atom stereocenters. The Morgan fingerprint density at radius 1 is 1.17 bits per heavy atom. The van der Waals surface area contributed by atoms with Gasteiger partial charge in [-0.1, -0.05) is 0 Å². The SMILES string of the molecule is O=C(CNc1ccc(N2CCCC2=O)cc1)NC(=O)NC1CC1. The van der Waals surface area contributed by atoms with Crippen molar-refractivity contribution in [2.75, 3.05) is 23.3 Å². The van der Waals surface area contributed by atoms with Crippen molar-refractivity contribution >= 4 is 29.2 Å². The van der Waals surface area contributed by atoms with E-state index in [1.54, 1.807) is 4.90 Å². The molecule has 1 aliphatic heterocycles. The zero-order valence-electron chi connectivity index (χ0n) is 12.8. The van der Waals surface area contributed by atoms with Crippen LogP contribution in [-0.4, -0.2) is 37.0 Å². The second-order valence-corrected chi connectivity index (χ2v) is 5.85. The maximum absolute atomic E-state index is 11.7. The Morgan fingerprint density at radius 2 is 1.91 bits per heavy atom. The molecule has 7 nitrogen and oxygen atoms in total. The number of rotatable bonds is 5. The third kappa shape index (κ3) is 4.21. The van der Waals surface area contributed by atoms with Gasteiger partial charge in [-0.05, 0) is 43.5 Å². The Labute approximate surface area is 134 Å². The van der Waals surface area contributed by atoms with Crippen LogP contribution < -0.4 is 20.9 Å². The predicted octanol–water partition coefficient (Wildman–Crippen LogP) is 1.21. The van der Waals surface area contributed by atoms with Crippen LogP contribution in [0.2, 0.25) is 0 Å². The number of hydrogen-bond donors (Lipinski definition) is 3. The van der Waals surface area contributed by atoms with Gasteiger partial charge >= 0.3 is 6.03 Å². The van der Waals surface area contributed by atoms with Crippen molar-refractivity contribution in [1.82, 2.24) is 10.6 Å². The number of nitrogens with one attached hydrogen (secondary N) is 3. The Kier molecular flexibility index (Phi) is 4.45. The molecule has 122 valence electrons. The molecule has 0 radical (unpaired) electrons. The van der Waals surface area contributed by atoms with Gasteiger partial charge in [0.1, 0.15) is 0 Å². The number of nitrogens with zero attached hydrogens (tertiary/aromatic N) is 1. The lowest BCUT2D eigenvalue weighted by atomic mass is 10.2. The lowest BCUT2D eigenvalue weighted by Crippen LogP contribution is -2.42. The van der Waals surface area contributed by atoms with E-state index in [1.807, 2.05) is 24.3 Å². The highest BCUT2D eigenvalue weighted by Crippen LogP contribution is 2.22. The normalized spacial score (nSPS) is 17.0. The van der Waals surface area contributed by atoms with Crippen LogP contribution in [0.15, 0.2) is 24.3 Å². The maximum Gasteiger partial charge on any atom is 0.321 e. The van der Waals surface area contributed by atoms with E-state index < -0.39 is 6.03 Å². The highest BCUT2D eigenvalue weighted by atomic mass is 16.2. The first kappa shape index (κ1) is 15.3. The van der Waals surface area contributed by atoms with Crippen LogP contribution in [0.4, 0.5) is 16.2 Å². The average molecular weight is 316 g/mol. The number of anilines is 2. The molecule has 1 saturated heterocycles. The van der Waals surface area contributed by atoms with E-state index in [0.29, 0.717) is 6.42 Å². The van der Waals surface area contributed by atoms with Gasteiger partial charge in [-0.15, -0.1) is 0 Å². The quantitative estimate of drug-likeness (QED) is 0.761. The first-order valence-electron chi connectivity index (χ1n) is 7.86. The number of carbonyl (C=O) groups is 3. The third-order valence-corrected chi connectivity index (χ3v) is 3.87. The van der Waals surface area contributed by atoms with Crippen LogP contribution in [-0.2, 0) is 9.59 Å². The fraction of sp³-hybridized carbons (Fsp3) is 0.438. The van der Waals surface area contributed by atoms with Crippen molar-refractivity contribution in [2.45, 2.75) is 31.7 Å². The van der Waals surface area contributed by atoms with Gasteiger partial charge in [0.2, 0.25) is 11.8 Å². The molecule has 1 aliphatic carbocycles. The molecule has 23 heavy (non-hydrogen) atoms. The minimum Gasteiger partial charge on any atom is -0.376 e. The average Bonchev–Trinajstić information content (AvgIpc) is 3.24. The van der Waals surface area contributed by atoms with Crippen LogP contribution >= 0.6 is 0 Å². The van der Waals surface area contributed by atoms with E-state index in [-0.39, 0.29) is 24.4 Å². The summed E-state index contributed by atoms with van der Waals surface area (Å²) in [7, 11) is 0. The molecule has 3 rings (SSSR count). The zero-order valence-corrected chi connectivity index (χ0v) is 12.8. The Balaban J connectivity index is 1.45. The van der Waals surface area contributed by atoms with Crippen molar-refractivity contribution in [3.05, 3.63) is 24.3 Å². The van der Waals surface area contributed by atoms with E-state index in [4.69, 9.17) is 0 Å². The number of amides is 4. The summed E-state index contributed by atoms with van der Waals surface area (Å²) in [5.41, 5.74) is 1.63. The summed E-state index contributed by atoms with van der Waals surface area (Å²) in [5.74, 6) is -0.242. The molecule has 0 bridgehead atoms. The Bertz CT molecular complexity index is 610. The van der Waals surface area contributed by atoms with Crippen molar-refractivity contribution in [3.63, 3.8) is 0 Å². The largest absolute Gasteiger partial charge is 0.376 e. The monoisotopic (exact) mass is 316 g/mol. The van der Waals surface area contributed by atoms with E-state index in [1.165, 1.54) is 0 Å². The molecule has 4 amide bonds. The van der Waals surface area contributed by atoms with Gasteiger partial charge in [0.05, 0.1) is 6.54 Å². The van der Waals surface area contributed by atoms with Crippen molar-refractivity contribution in [2.24, 2.45) is 0 Å². The van der Waals surface area contributed by atoms with Gasteiger partial charge in [0, 0.05) is 30.4 Å². The number of hydrogen-bond acceptors (Lipinski definition) is 4. The van der Waals surface area contributed by atoms with Gasteiger partial charge in [0.15, 0.2) is 0 Å². The topological polar surface area (TPSA) is 90.5 Å². The smallest absolute Gasteiger partial charge is 0.321 e. The van der Waals surface area contributed by atoms with Crippen molar-refractivity contribution in [1.29, 1.82) is 0 Å². The molecule has 1 aromatic rings. The summed E-state index contributed by atoms with van der Waals surface area (Å²) < 4.78 is 0. The Morgan fingerprint density at radius 3 is 2.52 bits per heavy atom. The number of carbonyl (C=O) groups excluding carboxylic acids is 3. The molecule has 3 N–H and O–H groups in total. The molecular weight excluding hydrogens is 296 g/mol. The molecule has 1 heterocycles. The molecule has 0 aromatic heterocycles. The first-order valence-corrected chi connectivity index (χ1v) is 7.86. The minimum atomic E-state index is -0.442. The van der Waals surface area contributed by atoms with Crippen LogP contribution in [0.3, 0.4) is 0 Å². The van der Waals surface area contributed by atoms with E-state index in [2.05, 4.69) is 16.0 Å². The molecule has 2 aliphatic rings. The van der Waals surface area contributed by atoms with Crippen LogP contribution in [0.1, 0.15) is 25.7 Å². The van der Waals surface area contributed by atoms with E-state index in [9.17, 15) is 14.4 Å².